The predicted molar refractivity (Wildman–Crippen MR) is 80.9 cm³/mol. The number of hydrogen-bond donors (Lipinski definition) is 2. The maximum atomic E-state index is 13.4. The lowest BCUT2D eigenvalue weighted by Gasteiger charge is -2.08. The molecule has 2 rings (SSSR count). The average Bonchev–Trinajstić information content (AvgIpc) is 2.41. The quantitative estimate of drug-likeness (QED) is 0.823. The Hall–Kier alpha value is -1.94. The summed E-state index contributed by atoms with van der Waals surface area (Å²) >= 11 is 4.89. The van der Waals surface area contributed by atoms with E-state index in [1.807, 2.05) is 30.3 Å². The zero-order valence-electron chi connectivity index (χ0n) is 10.4. The number of anilines is 1. The predicted octanol–water partition coefficient (Wildman–Crippen LogP) is 3.11. The van der Waals surface area contributed by atoms with Gasteiger partial charge in [0.05, 0.1) is 0 Å². The van der Waals surface area contributed by atoms with Crippen LogP contribution in [-0.4, -0.2) is 11.5 Å². The number of benzene rings is 2. The first-order valence-corrected chi connectivity index (χ1v) is 6.45. The molecule has 98 valence electrons. The summed E-state index contributed by atoms with van der Waals surface area (Å²) in [5.41, 5.74) is 8.05. The van der Waals surface area contributed by atoms with E-state index in [9.17, 15) is 4.39 Å². The molecule has 0 atom stereocenters. The van der Waals surface area contributed by atoms with Gasteiger partial charge >= 0.3 is 0 Å². The number of nitrogens with two attached hydrogens (primary N) is 1. The second-order valence-corrected chi connectivity index (χ2v) is 4.65. The number of hydrogen-bond acceptors (Lipinski definition) is 2. The van der Waals surface area contributed by atoms with Gasteiger partial charge in [-0.05, 0) is 42.3 Å². The summed E-state index contributed by atoms with van der Waals surface area (Å²) in [5.74, 6) is -0.159. The molecule has 0 radical (unpaired) electrons. The van der Waals surface area contributed by atoms with Crippen LogP contribution in [0, 0.1) is 5.82 Å². The Morgan fingerprint density at radius 3 is 2.42 bits per heavy atom. The van der Waals surface area contributed by atoms with Gasteiger partial charge in [0.1, 0.15) is 10.8 Å². The molecule has 0 unspecified atom stereocenters. The summed E-state index contributed by atoms with van der Waals surface area (Å²) in [6.07, 6.45) is 0.643. The van der Waals surface area contributed by atoms with Gasteiger partial charge in [-0.2, -0.15) is 0 Å². The molecule has 0 aliphatic rings. The summed E-state index contributed by atoms with van der Waals surface area (Å²) in [4.78, 5) is 0.387. The second kappa shape index (κ2) is 6.29. The normalized spacial score (nSPS) is 10.2. The van der Waals surface area contributed by atoms with E-state index in [1.54, 1.807) is 12.1 Å². The topological polar surface area (TPSA) is 38.0 Å². The van der Waals surface area contributed by atoms with E-state index < -0.39 is 0 Å². The van der Waals surface area contributed by atoms with Gasteiger partial charge in [0, 0.05) is 17.8 Å². The fraction of sp³-hybridized carbons (Fsp3) is 0.133. The monoisotopic (exact) mass is 274 g/mol. The zero-order valence-corrected chi connectivity index (χ0v) is 11.2. The second-order valence-electron chi connectivity index (χ2n) is 4.21. The first-order chi connectivity index (χ1) is 9.16. The van der Waals surface area contributed by atoms with E-state index >= 15 is 0 Å². The van der Waals surface area contributed by atoms with Gasteiger partial charge < -0.3 is 11.1 Å². The fourth-order valence-corrected chi connectivity index (χ4v) is 1.93. The SMILES string of the molecule is NC(=S)c1ccc(NCCc2ccccc2F)cc1. The van der Waals surface area contributed by atoms with Crippen LogP contribution in [0.1, 0.15) is 11.1 Å². The van der Waals surface area contributed by atoms with Gasteiger partial charge in [0.25, 0.3) is 0 Å². The van der Waals surface area contributed by atoms with Gasteiger partial charge in [0.2, 0.25) is 0 Å². The third kappa shape index (κ3) is 3.76. The molecule has 4 heteroatoms. The van der Waals surface area contributed by atoms with Crippen molar-refractivity contribution >= 4 is 22.9 Å². The van der Waals surface area contributed by atoms with Crippen LogP contribution in [-0.2, 0) is 6.42 Å². The van der Waals surface area contributed by atoms with Crippen LogP contribution in [0.25, 0.3) is 0 Å². The number of thiocarbonyl (C=S) groups is 1. The van der Waals surface area contributed by atoms with Crippen molar-refractivity contribution in [3.63, 3.8) is 0 Å². The molecule has 2 nitrogen and oxygen atoms in total. The van der Waals surface area contributed by atoms with Gasteiger partial charge in [-0.15, -0.1) is 0 Å². The highest BCUT2D eigenvalue weighted by Gasteiger charge is 2.00. The first kappa shape index (κ1) is 13.5. The molecule has 0 saturated heterocycles. The van der Waals surface area contributed by atoms with Crippen molar-refractivity contribution in [2.24, 2.45) is 5.73 Å². The molecule has 0 saturated carbocycles. The van der Waals surface area contributed by atoms with Crippen molar-refractivity contribution in [3.8, 4) is 0 Å². The smallest absolute Gasteiger partial charge is 0.126 e. The summed E-state index contributed by atoms with van der Waals surface area (Å²) < 4.78 is 13.4. The summed E-state index contributed by atoms with van der Waals surface area (Å²) in [6, 6.07) is 14.4. The average molecular weight is 274 g/mol. The van der Waals surface area contributed by atoms with Crippen molar-refractivity contribution in [3.05, 3.63) is 65.5 Å². The molecule has 19 heavy (non-hydrogen) atoms. The first-order valence-electron chi connectivity index (χ1n) is 6.04. The van der Waals surface area contributed by atoms with Crippen LogP contribution < -0.4 is 11.1 Å². The molecule has 0 amide bonds. The van der Waals surface area contributed by atoms with E-state index in [2.05, 4.69) is 5.32 Å². The van der Waals surface area contributed by atoms with E-state index in [0.717, 1.165) is 16.8 Å². The van der Waals surface area contributed by atoms with Crippen molar-refractivity contribution in [2.45, 2.75) is 6.42 Å². The molecule has 2 aromatic carbocycles. The van der Waals surface area contributed by atoms with E-state index in [-0.39, 0.29) is 5.82 Å². The van der Waals surface area contributed by atoms with Gasteiger partial charge in [-0.1, -0.05) is 30.4 Å². The molecule has 0 aromatic heterocycles. The minimum atomic E-state index is -0.159. The van der Waals surface area contributed by atoms with Crippen LogP contribution in [0.5, 0.6) is 0 Å². The maximum Gasteiger partial charge on any atom is 0.126 e. The molecule has 2 aromatic rings. The Kier molecular flexibility index (Phi) is 4.47. The minimum Gasteiger partial charge on any atom is -0.389 e. The summed E-state index contributed by atoms with van der Waals surface area (Å²) in [6.45, 7) is 0.674. The summed E-state index contributed by atoms with van der Waals surface area (Å²) in [5, 5.41) is 3.24. The summed E-state index contributed by atoms with van der Waals surface area (Å²) in [7, 11) is 0. The lowest BCUT2D eigenvalue weighted by Crippen LogP contribution is -2.10. The molecule has 0 aliphatic heterocycles. The lowest BCUT2D eigenvalue weighted by molar-refractivity contribution is 0.610. The van der Waals surface area contributed by atoms with E-state index in [0.29, 0.717) is 18.0 Å². The van der Waals surface area contributed by atoms with Crippen molar-refractivity contribution in [2.75, 3.05) is 11.9 Å². The van der Waals surface area contributed by atoms with Crippen LogP contribution in [0.4, 0.5) is 10.1 Å². The Bertz CT molecular complexity index is 567. The Labute approximate surface area is 117 Å². The largest absolute Gasteiger partial charge is 0.389 e. The molecule has 0 heterocycles. The Balaban J connectivity index is 1.89. The molecule has 0 bridgehead atoms. The van der Waals surface area contributed by atoms with Crippen molar-refractivity contribution in [1.82, 2.24) is 0 Å². The highest BCUT2D eigenvalue weighted by atomic mass is 32.1. The number of rotatable bonds is 5. The molecular formula is C15H15FN2S. The minimum absolute atomic E-state index is 0.159. The van der Waals surface area contributed by atoms with Crippen LogP contribution >= 0.6 is 12.2 Å². The fourth-order valence-electron chi connectivity index (χ4n) is 1.79. The molecular weight excluding hydrogens is 259 g/mol. The Morgan fingerprint density at radius 1 is 1.11 bits per heavy atom. The van der Waals surface area contributed by atoms with Crippen LogP contribution in [0.2, 0.25) is 0 Å². The van der Waals surface area contributed by atoms with Gasteiger partial charge in [-0.25, -0.2) is 4.39 Å². The molecule has 3 N–H and O–H groups in total. The maximum absolute atomic E-state index is 13.4. The molecule has 0 aliphatic carbocycles. The van der Waals surface area contributed by atoms with E-state index in [4.69, 9.17) is 18.0 Å². The van der Waals surface area contributed by atoms with Crippen molar-refractivity contribution < 1.29 is 4.39 Å². The van der Waals surface area contributed by atoms with Crippen LogP contribution in [0.15, 0.2) is 48.5 Å². The lowest BCUT2D eigenvalue weighted by atomic mass is 10.1. The zero-order chi connectivity index (χ0) is 13.7. The standard InChI is InChI=1S/C15H15FN2S/c16-14-4-2-1-3-11(14)9-10-18-13-7-5-12(6-8-13)15(17)19/h1-8,18H,9-10H2,(H2,17,19). The third-order valence-electron chi connectivity index (χ3n) is 2.85. The van der Waals surface area contributed by atoms with Gasteiger partial charge in [-0.3, -0.25) is 0 Å². The third-order valence-corrected chi connectivity index (χ3v) is 3.09. The highest BCUT2D eigenvalue weighted by molar-refractivity contribution is 7.80. The van der Waals surface area contributed by atoms with Gasteiger partial charge in [0.15, 0.2) is 0 Å². The van der Waals surface area contributed by atoms with E-state index in [1.165, 1.54) is 6.07 Å². The van der Waals surface area contributed by atoms with Crippen LogP contribution in [0.3, 0.4) is 0 Å². The number of nitrogens with one attached hydrogen (secondary N) is 1. The highest BCUT2D eigenvalue weighted by Crippen LogP contribution is 2.11. The Morgan fingerprint density at radius 2 is 1.79 bits per heavy atom. The molecule has 0 fully saturated rings. The molecule has 0 spiro atoms. The number of halogens is 1. The van der Waals surface area contributed by atoms with Crippen molar-refractivity contribution in [1.29, 1.82) is 0 Å².